The maximum atomic E-state index is 13.3. The molecule has 2 heterocycles. The average Bonchev–Trinajstić information content (AvgIpc) is 3.64. The van der Waals surface area contributed by atoms with Gasteiger partial charge in [0.05, 0.1) is 16.7 Å². The van der Waals surface area contributed by atoms with Gasteiger partial charge in [0.15, 0.2) is 11.5 Å². The van der Waals surface area contributed by atoms with Gasteiger partial charge in [0.25, 0.3) is 0 Å². The van der Waals surface area contributed by atoms with E-state index in [0.29, 0.717) is 35.5 Å². The third-order valence-corrected chi connectivity index (χ3v) is 5.86. The smallest absolute Gasteiger partial charge is 0.478 e. The summed E-state index contributed by atoms with van der Waals surface area (Å²) in [6, 6.07) is 14.2. The van der Waals surface area contributed by atoms with E-state index in [0.717, 1.165) is 5.56 Å². The maximum Gasteiger partial charge on any atom is 0.586 e. The molecule has 0 spiro atoms. The van der Waals surface area contributed by atoms with Crippen LogP contribution in [0, 0.1) is 6.92 Å². The predicted octanol–water partition coefficient (Wildman–Crippen LogP) is 6.80. The summed E-state index contributed by atoms with van der Waals surface area (Å²) in [7, 11) is 0. The Balaban J connectivity index is 0.000000907. The standard InChI is InChI=1S/C24H18F2N2O5.2C2H6/c1-13-5-8-19(27-20(13)14-3-2-4-15(11-14)21(29)30)28-22(31)23(9-10-23)16-6-7-17-18(12-16)33-24(25,26)32-17;2*1-2/h2-8,11-12H,9-10H2,1H3,(H,29,30)(H,27,28,31);2*1-2H3. The fraction of sp³-hybridized carbons (Fsp3) is 0.321. The number of hydrogen-bond donors (Lipinski definition) is 2. The molecule has 0 radical (unpaired) electrons. The number of pyridine rings is 1. The van der Waals surface area contributed by atoms with Gasteiger partial charge in [-0.2, -0.15) is 0 Å². The summed E-state index contributed by atoms with van der Waals surface area (Å²) in [6.45, 7) is 9.84. The SMILES string of the molecule is CC.CC.Cc1ccc(NC(=O)C2(c3ccc4c(c3)OC(F)(F)O4)CC2)nc1-c1cccc(C(=O)O)c1. The van der Waals surface area contributed by atoms with Crippen LogP contribution in [0.15, 0.2) is 54.6 Å². The van der Waals surface area contributed by atoms with Crippen LogP contribution < -0.4 is 14.8 Å². The van der Waals surface area contributed by atoms with Gasteiger partial charge in [0.2, 0.25) is 5.91 Å². The Morgan fingerprint density at radius 2 is 1.62 bits per heavy atom. The molecule has 1 aliphatic carbocycles. The molecule has 5 rings (SSSR count). The second-order valence-electron chi connectivity index (χ2n) is 8.11. The first kappa shape index (κ1) is 27.6. The van der Waals surface area contributed by atoms with E-state index >= 15 is 0 Å². The minimum atomic E-state index is -3.72. The minimum Gasteiger partial charge on any atom is -0.478 e. The van der Waals surface area contributed by atoms with Gasteiger partial charge in [0, 0.05) is 5.56 Å². The number of fused-ring (bicyclic) bond motifs is 1. The van der Waals surface area contributed by atoms with Crippen molar-refractivity contribution in [3.05, 3.63) is 71.3 Å². The highest BCUT2D eigenvalue weighted by atomic mass is 19.3. The van der Waals surface area contributed by atoms with Crippen LogP contribution in [-0.4, -0.2) is 28.3 Å². The number of benzene rings is 2. The molecule has 2 aliphatic rings. The van der Waals surface area contributed by atoms with Crippen molar-refractivity contribution in [3.63, 3.8) is 0 Å². The Kier molecular flexibility index (Phi) is 8.15. The number of aromatic nitrogens is 1. The number of nitrogens with zero attached hydrogens (tertiary/aromatic N) is 1. The highest BCUT2D eigenvalue weighted by Crippen LogP contribution is 2.52. The molecule has 0 atom stereocenters. The zero-order valence-electron chi connectivity index (χ0n) is 21.4. The molecule has 0 bridgehead atoms. The summed E-state index contributed by atoms with van der Waals surface area (Å²) >= 11 is 0. The number of carboxylic acids is 1. The number of nitrogens with one attached hydrogen (secondary N) is 1. The van der Waals surface area contributed by atoms with Crippen molar-refractivity contribution < 1.29 is 33.0 Å². The zero-order valence-corrected chi connectivity index (χ0v) is 21.4. The average molecular weight is 513 g/mol. The largest absolute Gasteiger partial charge is 0.586 e. The fourth-order valence-corrected chi connectivity index (χ4v) is 3.94. The van der Waals surface area contributed by atoms with Crippen LogP contribution in [0.3, 0.4) is 0 Å². The van der Waals surface area contributed by atoms with Crippen molar-refractivity contribution in [2.24, 2.45) is 0 Å². The van der Waals surface area contributed by atoms with Gasteiger partial charge >= 0.3 is 12.3 Å². The summed E-state index contributed by atoms with van der Waals surface area (Å²) in [5.41, 5.74) is 1.79. The second-order valence-corrected chi connectivity index (χ2v) is 8.11. The number of aryl methyl sites for hydroxylation is 1. The number of carboxylic acid groups (broad SMARTS) is 1. The molecule has 1 fully saturated rings. The molecule has 0 saturated heterocycles. The van der Waals surface area contributed by atoms with Crippen LogP contribution in [0.4, 0.5) is 14.6 Å². The molecule has 1 aliphatic heterocycles. The maximum absolute atomic E-state index is 13.3. The van der Waals surface area contributed by atoms with Crippen LogP contribution in [0.25, 0.3) is 11.3 Å². The number of hydrogen-bond acceptors (Lipinski definition) is 5. The molecular formula is C28H30F2N2O5. The van der Waals surface area contributed by atoms with E-state index in [9.17, 15) is 23.5 Å². The van der Waals surface area contributed by atoms with E-state index in [-0.39, 0.29) is 23.0 Å². The Morgan fingerprint density at radius 3 is 2.27 bits per heavy atom. The van der Waals surface area contributed by atoms with Crippen molar-refractivity contribution in [1.29, 1.82) is 0 Å². The number of carbonyl (C=O) groups is 2. The second kappa shape index (κ2) is 10.9. The molecular weight excluding hydrogens is 482 g/mol. The summed E-state index contributed by atoms with van der Waals surface area (Å²) < 4.78 is 35.6. The van der Waals surface area contributed by atoms with Gasteiger partial charge in [-0.25, -0.2) is 9.78 Å². The van der Waals surface area contributed by atoms with Gasteiger partial charge in [0.1, 0.15) is 5.82 Å². The number of amides is 1. The molecule has 1 saturated carbocycles. The molecule has 3 aromatic rings. The van der Waals surface area contributed by atoms with Crippen molar-refractivity contribution in [1.82, 2.24) is 4.98 Å². The van der Waals surface area contributed by atoms with E-state index in [4.69, 9.17) is 0 Å². The Bertz CT molecular complexity index is 1310. The summed E-state index contributed by atoms with van der Waals surface area (Å²) in [6.07, 6.45) is -2.62. The highest BCUT2D eigenvalue weighted by Gasteiger charge is 2.53. The summed E-state index contributed by atoms with van der Waals surface area (Å²) in [4.78, 5) is 29.0. The normalized spacial score (nSPS) is 15.3. The fourth-order valence-electron chi connectivity index (χ4n) is 3.94. The number of aromatic carboxylic acids is 1. The van der Waals surface area contributed by atoms with E-state index < -0.39 is 17.7 Å². The van der Waals surface area contributed by atoms with Crippen LogP contribution in [0.5, 0.6) is 11.5 Å². The van der Waals surface area contributed by atoms with Crippen molar-refractivity contribution in [3.8, 4) is 22.8 Å². The molecule has 2 aromatic carbocycles. The monoisotopic (exact) mass is 512 g/mol. The molecule has 1 amide bonds. The molecule has 7 nitrogen and oxygen atoms in total. The number of halogens is 2. The van der Waals surface area contributed by atoms with E-state index in [1.165, 1.54) is 24.3 Å². The number of carbonyl (C=O) groups excluding carboxylic acids is 1. The van der Waals surface area contributed by atoms with Crippen molar-refractivity contribution >= 4 is 17.7 Å². The number of alkyl halides is 2. The van der Waals surface area contributed by atoms with Crippen LogP contribution in [-0.2, 0) is 10.2 Å². The third-order valence-electron chi connectivity index (χ3n) is 5.86. The van der Waals surface area contributed by atoms with Gasteiger partial charge < -0.3 is 19.9 Å². The van der Waals surface area contributed by atoms with E-state index in [1.807, 2.05) is 34.6 Å². The summed E-state index contributed by atoms with van der Waals surface area (Å²) in [5, 5.41) is 12.1. The number of rotatable bonds is 5. The van der Waals surface area contributed by atoms with Crippen molar-refractivity contribution in [2.75, 3.05) is 5.32 Å². The molecule has 2 N–H and O–H groups in total. The lowest BCUT2D eigenvalue weighted by molar-refractivity contribution is -0.286. The van der Waals surface area contributed by atoms with Crippen molar-refractivity contribution in [2.45, 2.75) is 59.2 Å². The molecule has 0 unspecified atom stereocenters. The first-order chi connectivity index (χ1) is 17.7. The molecule has 196 valence electrons. The van der Waals surface area contributed by atoms with Crippen LogP contribution in [0.2, 0.25) is 0 Å². The Hall–Kier alpha value is -4.01. The first-order valence-electron chi connectivity index (χ1n) is 12.2. The zero-order chi connectivity index (χ0) is 27.4. The van der Waals surface area contributed by atoms with E-state index in [1.54, 1.807) is 30.3 Å². The Labute approximate surface area is 214 Å². The summed E-state index contributed by atoms with van der Waals surface area (Å²) in [5.74, 6) is -1.23. The van der Waals surface area contributed by atoms with Crippen LogP contribution >= 0.6 is 0 Å². The highest BCUT2D eigenvalue weighted by molar-refractivity contribution is 6.01. The van der Waals surface area contributed by atoms with Gasteiger partial charge in [-0.05, 0) is 61.2 Å². The number of ether oxygens (including phenoxy) is 2. The van der Waals surface area contributed by atoms with Gasteiger partial charge in [-0.3, -0.25) is 4.79 Å². The lowest BCUT2D eigenvalue weighted by Gasteiger charge is -2.17. The topological polar surface area (TPSA) is 97.8 Å². The lowest BCUT2D eigenvalue weighted by atomic mass is 9.94. The third kappa shape index (κ3) is 5.71. The minimum absolute atomic E-state index is 0.0756. The lowest BCUT2D eigenvalue weighted by Crippen LogP contribution is -2.28. The Morgan fingerprint density at radius 1 is 0.946 bits per heavy atom. The van der Waals surface area contributed by atoms with Gasteiger partial charge in [-0.1, -0.05) is 52.0 Å². The molecule has 9 heteroatoms. The number of anilines is 1. The molecule has 1 aromatic heterocycles. The quantitative estimate of drug-likeness (QED) is 0.390. The predicted molar refractivity (Wildman–Crippen MR) is 136 cm³/mol. The molecule has 37 heavy (non-hydrogen) atoms. The first-order valence-corrected chi connectivity index (χ1v) is 12.2. The van der Waals surface area contributed by atoms with Crippen LogP contribution in [0.1, 0.15) is 62.0 Å². The van der Waals surface area contributed by atoms with E-state index in [2.05, 4.69) is 19.8 Å². The van der Waals surface area contributed by atoms with Gasteiger partial charge in [-0.15, -0.1) is 8.78 Å².